The van der Waals surface area contributed by atoms with Crippen LogP contribution >= 0.6 is 0 Å². The number of hydrogen-bond acceptors (Lipinski definition) is 3. The second-order valence-corrected chi connectivity index (χ2v) is 3.44. The predicted octanol–water partition coefficient (Wildman–Crippen LogP) is 1.08. The van der Waals surface area contributed by atoms with Crippen molar-refractivity contribution < 1.29 is 14.3 Å². The Labute approximate surface area is 96.6 Å². The molecule has 82 valence electrons. The van der Waals surface area contributed by atoms with Gasteiger partial charge in [-0.15, -0.1) is 0 Å². The van der Waals surface area contributed by atoms with Crippen molar-refractivity contribution in [2.24, 2.45) is 0 Å². The van der Waals surface area contributed by atoms with Crippen LogP contribution in [-0.4, -0.2) is 35.5 Å². The molecule has 0 aromatic rings. The van der Waals surface area contributed by atoms with Gasteiger partial charge in [0.2, 0.25) is 0 Å². The van der Waals surface area contributed by atoms with E-state index in [4.69, 9.17) is 9.47 Å². The molecule has 3 nitrogen and oxygen atoms in total. The molecular formula is C10H21AlO3. The average molecular weight is 216 g/mol. The molecule has 0 aliphatic rings. The number of esters is 1. The molecule has 0 N–H and O–H groups in total. The van der Waals surface area contributed by atoms with E-state index >= 15 is 0 Å². The minimum absolute atomic E-state index is 0. The van der Waals surface area contributed by atoms with Crippen LogP contribution in [0.15, 0.2) is 11.8 Å². The molecule has 0 saturated heterocycles. The van der Waals surface area contributed by atoms with E-state index in [1.807, 2.05) is 27.7 Å². The first-order valence-corrected chi connectivity index (χ1v) is 4.46. The van der Waals surface area contributed by atoms with Gasteiger partial charge in [-0.2, -0.15) is 0 Å². The Kier molecular flexibility index (Phi) is 9.02. The summed E-state index contributed by atoms with van der Waals surface area (Å²) in [5.41, 5.74) is 0.488. The number of ether oxygens (including phenoxy) is 2. The summed E-state index contributed by atoms with van der Waals surface area (Å²) in [5.74, 6) is -0.323. The molecule has 0 atom stereocenters. The highest BCUT2D eigenvalue weighted by atomic mass is 27.0. The fourth-order valence-corrected chi connectivity index (χ4v) is 0.593. The monoisotopic (exact) mass is 216 g/mol. The van der Waals surface area contributed by atoms with Gasteiger partial charge >= 0.3 is 5.97 Å². The predicted molar refractivity (Wildman–Crippen MR) is 61.1 cm³/mol. The SMILES string of the molecule is CC(=COC(C)C)C(=O)OC(C)C.[AlH3]. The van der Waals surface area contributed by atoms with Crippen molar-refractivity contribution in [2.45, 2.75) is 46.8 Å². The van der Waals surface area contributed by atoms with E-state index in [2.05, 4.69) is 0 Å². The van der Waals surface area contributed by atoms with Crippen molar-refractivity contribution in [2.75, 3.05) is 0 Å². The maximum Gasteiger partial charge on any atom is 0.337 e. The van der Waals surface area contributed by atoms with Gasteiger partial charge in [-0.1, -0.05) is 0 Å². The molecule has 4 heteroatoms. The van der Waals surface area contributed by atoms with Crippen LogP contribution in [0.1, 0.15) is 34.6 Å². The topological polar surface area (TPSA) is 35.5 Å². The average Bonchev–Trinajstić information content (AvgIpc) is 1.98. The van der Waals surface area contributed by atoms with Gasteiger partial charge in [-0.25, -0.2) is 4.79 Å². The lowest BCUT2D eigenvalue weighted by molar-refractivity contribution is -0.142. The zero-order chi connectivity index (χ0) is 10.4. The standard InChI is InChI=1S/C10H18O3.Al.3H/c1-7(2)12-6-9(5)10(11)13-8(3)4;;;;/h6-8H,1-5H3;;;;. The molecule has 0 amide bonds. The van der Waals surface area contributed by atoms with Crippen molar-refractivity contribution >= 4 is 23.3 Å². The van der Waals surface area contributed by atoms with Crippen molar-refractivity contribution in [3.05, 3.63) is 11.8 Å². The molecule has 0 fully saturated rings. The van der Waals surface area contributed by atoms with Gasteiger partial charge in [0.15, 0.2) is 17.4 Å². The van der Waals surface area contributed by atoms with Crippen LogP contribution in [0.25, 0.3) is 0 Å². The second-order valence-electron chi connectivity index (χ2n) is 3.44. The first kappa shape index (κ1) is 16.0. The van der Waals surface area contributed by atoms with E-state index in [-0.39, 0.29) is 35.5 Å². The van der Waals surface area contributed by atoms with E-state index in [1.54, 1.807) is 6.92 Å². The van der Waals surface area contributed by atoms with Crippen LogP contribution in [-0.2, 0) is 14.3 Å². The van der Waals surface area contributed by atoms with Gasteiger partial charge < -0.3 is 9.47 Å². The van der Waals surface area contributed by atoms with Gasteiger partial charge in [0.05, 0.1) is 24.0 Å². The van der Waals surface area contributed by atoms with E-state index in [9.17, 15) is 4.79 Å². The van der Waals surface area contributed by atoms with Crippen molar-refractivity contribution in [3.63, 3.8) is 0 Å². The van der Waals surface area contributed by atoms with Gasteiger partial charge in [-0.3, -0.25) is 0 Å². The summed E-state index contributed by atoms with van der Waals surface area (Å²) < 4.78 is 10.1. The van der Waals surface area contributed by atoms with E-state index in [0.29, 0.717) is 5.57 Å². The van der Waals surface area contributed by atoms with Gasteiger partial charge in [0.25, 0.3) is 0 Å². The third kappa shape index (κ3) is 8.15. The summed E-state index contributed by atoms with van der Waals surface area (Å²) in [7, 11) is 0. The lowest BCUT2D eigenvalue weighted by Gasteiger charge is -2.09. The first-order valence-electron chi connectivity index (χ1n) is 4.46. The Morgan fingerprint density at radius 3 is 2.00 bits per heavy atom. The normalized spacial score (nSPS) is 11.2. The van der Waals surface area contributed by atoms with Crippen LogP contribution in [0.4, 0.5) is 0 Å². The molecule has 0 spiro atoms. The Balaban J connectivity index is 0. The van der Waals surface area contributed by atoms with Crippen LogP contribution in [0.3, 0.4) is 0 Å². The third-order valence-electron chi connectivity index (χ3n) is 1.18. The van der Waals surface area contributed by atoms with Crippen LogP contribution in [0.2, 0.25) is 0 Å². The van der Waals surface area contributed by atoms with E-state index < -0.39 is 0 Å². The van der Waals surface area contributed by atoms with Gasteiger partial charge in [0, 0.05) is 0 Å². The summed E-state index contributed by atoms with van der Waals surface area (Å²) >= 11 is 0. The summed E-state index contributed by atoms with van der Waals surface area (Å²) in [6.07, 6.45) is 1.44. The number of carbonyl (C=O) groups excluding carboxylic acids is 1. The highest BCUT2D eigenvalue weighted by molar-refractivity contribution is 5.87. The number of carbonyl (C=O) groups is 1. The molecular weight excluding hydrogens is 195 g/mol. The quantitative estimate of drug-likeness (QED) is 0.305. The number of hydrogen-bond donors (Lipinski definition) is 0. The van der Waals surface area contributed by atoms with Crippen molar-refractivity contribution in [1.29, 1.82) is 0 Å². The maximum atomic E-state index is 11.2. The molecule has 0 aromatic heterocycles. The van der Waals surface area contributed by atoms with Crippen molar-refractivity contribution in [1.82, 2.24) is 0 Å². The van der Waals surface area contributed by atoms with Crippen LogP contribution in [0, 0.1) is 0 Å². The molecule has 0 heterocycles. The fourth-order valence-electron chi connectivity index (χ4n) is 0.593. The summed E-state index contributed by atoms with van der Waals surface area (Å²) in [5, 5.41) is 0. The van der Waals surface area contributed by atoms with Crippen molar-refractivity contribution in [3.8, 4) is 0 Å². The lowest BCUT2D eigenvalue weighted by Crippen LogP contribution is -2.12. The maximum absolute atomic E-state index is 11.2. The Bertz CT molecular complexity index is 198. The Morgan fingerprint density at radius 1 is 1.14 bits per heavy atom. The molecule has 0 unspecified atom stereocenters. The molecule has 0 bridgehead atoms. The smallest absolute Gasteiger partial charge is 0.337 e. The molecule has 14 heavy (non-hydrogen) atoms. The zero-order valence-corrected chi connectivity index (χ0v) is 8.96. The number of rotatable bonds is 4. The first-order chi connectivity index (χ1) is 5.93. The minimum Gasteiger partial charge on any atom is -0.498 e. The fraction of sp³-hybridized carbons (Fsp3) is 0.700. The van der Waals surface area contributed by atoms with Crippen LogP contribution in [0.5, 0.6) is 0 Å². The highest BCUT2D eigenvalue weighted by Crippen LogP contribution is 2.01. The van der Waals surface area contributed by atoms with Gasteiger partial charge in [-0.05, 0) is 34.6 Å². The molecule has 0 aliphatic heterocycles. The molecule has 0 rings (SSSR count). The summed E-state index contributed by atoms with van der Waals surface area (Å²) in [6.45, 7) is 9.10. The summed E-state index contributed by atoms with van der Waals surface area (Å²) in [6, 6.07) is 0. The van der Waals surface area contributed by atoms with Gasteiger partial charge in [0.1, 0.15) is 0 Å². The Hall–Kier alpha value is -0.458. The Morgan fingerprint density at radius 2 is 1.64 bits per heavy atom. The summed E-state index contributed by atoms with van der Waals surface area (Å²) in [4.78, 5) is 11.2. The minimum atomic E-state index is -0.323. The molecule has 0 saturated carbocycles. The highest BCUT2D eigenvalue weighted by Gasteiger charge is 2.07. The molecule has 0 radical (unpaired) electrons. The molecule has 0 aliphatic carbocycles. The van der Waals surface area contributed by atoms with Crippen LogP contribution < -0.4 is 0 Å². The second kappa shape index (κ2) is 7.90. The zero-order valence-electron chi connectivity index (χ0n) is 8.96. The third-order valence-corrected chi connectivity index (χ3v) is 1.18. The molecule has 0 aromatic carbocycles. The van der Waals surface area contributed by atoms with E-state index in [1.165, 1.54) is 6.26 Å². The van der Waals surface area contributed by atoms with E-state index in [0.717, 1.165) is 0 Å². The largest absolute Gasteiger partial charge is 0.498 e. The lowest BCUT2D eigenvalue weighted by atomic mass is 10.3.